The number of carbonyl (C=O) groups is 2. The van der Waals surface area contributed by atoms with E-state index in [-0.39, 0.29) is 18.1 Å². The van der Waals surface area contributed by atoms with E-state index in [1.165, 1.54) is 19.5 Å². The van der Waals surface area contributed by atoms with E-state index in [2.05, 4.69) is 36.2 Å². The van der Waals surface area contributed by atoms with E-state index in [0.29, 0.717) is 34.9 Å². The molecule has 39 heavy (non-hydrogen) atoms. The lowest BCUT2D eigenvalue weighted by Crippen LogP contribution is -2.28. The Morgan fingerprint density at radius 1 is 1.00 bits per heavy atom. The molecule has 0 unspecified atom stereocenters. The van der Waals surface area contributed by atoms with Crippen molar-refractivity contribution in [2.24, 2.45) is 0 Å². The number of alkyl halides is 3. The van der Waals surface area contributed by atoms with Crippen molar-refractivity contribution < 1.29 is 27.5 Å². The van der Waals surface area contributed by atoms with Crippen molar-refractivity contribution >= 4 is 52.0 Å². The largest absolute Gasteiger partial charge is 0.417 e. The number of rotatable bonds is 7. The average Bonchev–Trinajstić information content (AvgIpc) is 3.24. The summed E-state index contributed by atoms with van der Waals surface area (Å²) in [5.41, 5.74) is 0.604. The number of methoxy groups -OCH3 is 1. The Labute approximate surface area is 224 Å². The zero-order chi connectivity index (χ0) is 28.2. The first-order chi connectivity index (χ1) is 18.6. The molecule has 4 aromatic rings. The number of imidazole rings is 1. The predicted molar refractivity (Wildman–Crippen MR) is 139 cm³/mol. The quantitative estimate of drug-likeness (QED) is 0.237. The Morgan fingerprint density at radius 3 is 2.36 bits per heavy atom. The van der Waals surface area contributed by atoms with E-state index in [1.54, 1.807) is 35.8 Å². The van der Waals surface area contributed by atoms with Gasteiger partial charge in [0.1, 0.15) is 18.8 Å². The number of anilines is 3. The van der Waals surface area contributed by atoms with Gasteiger partial charge in [-0.25, -0.2) is 24.5 Å². The second kappa shape index (κ2) is 11.5. The minimum Gasteiger partial charge on any atom is -0.377 e. The third-order valence-electron chi connectivity index (χ3n) is 5.27. The molecule has 204 valence electrons. The van der Waals surface area contributed by atoms with Crippen LogP contribution in [-0.4, -0.2) is 45.2 Å². The molecular formula is C24H22ClF3N8O3. The lowest BCUT2D eigenvalue weighted by molar-refractivity contribution is -0.137. The first kappa shape index (κ1) is 27.6. The number of carbonyl (C=O) groups excluding carboxylic acids is 2. The van der Waals surface area contributed by atoms with Crippen molar-refractivity contribution in [3.63, 3.8) is 0 Å². The van der Waals surface area contributed by atoms with Gasteiger partial charge in [0.25, 0.3) is 0 Å². The normalized spacial score (nSPS) is 11.3. The number of benzene rings is 2. The van der Waals surface area contributed by atoms with Gasteiger partial charge in [-0.2, -0.15) is 13.2 Å². The molecule has 0 aliphatic rings. The first-order valence-electron chi connectivity index (χ1n) is 11.4. The van der Waals surface area contributed by atoms with Crippen LogP contribution in [0, 0.1) is 0 Å². The lowest BCUT2D eigenvalue weighted by atomic mass is 10.2. The fourth-order valence-electron chi connectivity index (χ4n) is 3.65. The minimum absolute atomic E-state index is 0.0772. The number of hydrogen-bond acceptors (Lipinski definition) is 6. The number of halogens is 4. The van der Waals surface area contributed by atoms with Crippen LogP contribution in [0.2, 0.25) is 5.02 Å². The van der Waals surface area contributed by atoms with Gasteiger partial charge in [0.15, 0.2) is 17.0 Å². The maximum atomic E-state index is 13.1. The number of aromatic nitrogens is 4. The van der Waals surface area contributed by atoms with Crippen LogP contribution in [0.4, 0.5) is 40.0 Å². The highest BCUT2D eigenvalue weighted by atomic mass is 35.5. The van der Waals surface area contributed by atoms with Crippen LogP contribution in [0.3, 0.4) is 0 Å². The maximum Gasteiger partial charge on any atom is 0.417 e. The molecule has 0 spiro atoms. The summed E-state index contributed by atoms with van der Waals surface area (Å²) in [4.78, 5) is 37.4. The van der Waals surface area contributed by atoms with Crippen LogP contribution in [0.25, 0.3) is 16.9 Å². The van der Waals surface area contributed by atoms with Crippen LogP contribution in [0.1, 0.15) is 18.3 Å². The van der Waals surface area contributed by atoms with Crippen LogP contribution in [0.15, 0.2) is 48.8 Å². The third-order valence-corrected chi connectivity index (χ3v) is 5.60. The molecule has 4 amide bonds. The Morgan fingerprint density at radius 2 is 1.69 bits per heavy atom. The van der Waals surface area contributed by atoms with Crippen molar-refractivity contribution in [2.75, 3.05) is 29.6 Å². The van der Waals surface area contributed by atoms with Gasteiger partial charge >= 0.3 is 18.2 Å². The van der Waals surface area contributed by atoms with Crippen molar-refractivity contribution in [3.05, 3.63) is 65.2 Å². The van der Waals surface area contributed by atoms with E-state index < -0.39 is 28.8 Å². The van der Waals surface area contributed by atoms with Crippen LogP contribution < -0.4 is 21.3 Å². The average molecular weight is 563 g/mol. The summed E-state index contributed by atoms with van der Waals surface area (Å²) in [5, 5.41) is 9.71. The summed E-state index contributed by atoms with van der Waals surface area (Å²) in [5.74, 6) is 0.696. The zero-order valence-corrected chi connectivity index (χ0v) is 21.3. The third kappa shape index (κ3) is 6.35. The molecule has 11 nitrogen and oxygen atoms in total. The summed E-state index contributed by atoms with van der Waals surface area (Å²) < 4.78 is 46.3. The number of urea groups is 2. The number of amides is 4. The number of nitrogens with one attached hydrogen (secondary N) is 4. The first-order valence-corrected chi connectivity index (χ1v) is 11.8. The molecule has 0 fully saturated rings. The van der Waals surface area contributed by atoms with E-state index in [0.717, 1.165) is 12.1 Å². The highest BCUT2D eigenvalue weighted by molar-refractivity contribution is 6.31. The molecule has 0 aliphatic carbocycles. The molecule has 0 atom stereocenters. The van der Waals surface area contributed by atoms with E-state index in [9.17, 15) is 22.8 Å². The molecule has 2 heterocycles. The summed E-state index contributed by atoms with van der Waals surface area (Å²) in [6.07, 6.45) is -3.37. The van der Waals surface area contributed by atoms with Crippen LogP contribution in [-0.2, 0) is 17.5 Å². The van der Waals surface area contributed by atoms with Gasteiger partial charge in [0, 0.05) is 30.7 Å². The number of nitrogens with zero attached hydrogens (tertiary/aromatic N) is 4. The van der Waals surface area contributed by atoms with Crippen molar-refractivity contribution in [1.29, 1.82) is 0 Å². The topological polar surface area (TPSA) is 135 Å². The summed E-state index contributed by atoms with van der Waals surface area (Å²) >= 11 is 5.62. The zero-order valence-electron chi connectivity index (χ0n) is 20.6. The Balaban J connectivity index is 1.56. The molecule has 4 N–H and O–H groups in total. The molecule has 0 saturated carbocycles. The minimum atomic E-state index is -4.66. The fourth-order valence-corrected chi connectivity index (χ4v) is 3.87. The second-order valence-corrected chi connectivity index (χ2v) is 8.40. The molecular weight excluding hydrogens is 541 g/mol. The standard InChI is InChI=1S/C24H22ClF3N8O3/c1-3-29-22(37)35-20-19-21(31-12-30-20)36(18(34-19)11-39-2)15-7-4-13(5-8-15)32-23(38)33-14-6-9-17(25)16(10-14)24(26,27)28/h4-10,12H,3,11H2,1-2H3,(H2,32,33,38)(H2,29,30,31,35,37). The van der Waals surface area contributed by atoms with E-state index >= 15 is 0 Å². The fraction of sp³-hybridized carbons (Fsp3) is 0.208. The molecule has 2 aromatic carbocycles. The van der Waals surface area contributed by atoms with Crippen LogP contribution in [0.5, 0.6) is 0 Å². The molecule has 2 aromatic heterocycles. The maximum absolute atomic E-state index is 13.1. The van der Waals surface area contributed by atoms with Gasteiger partial charge in [-0.1, -0.05) is 11.6 Å². The molecule has 15 heteroatoms. The molecule has 4 rings (SSSR count). The van der Waals surface area contributed by atoms with Crippen molar-refractivity contribution in [2.45, 2.75) is 19.7 Å². The van der Waals surface area contributed by atoms with Crippen LogP contribution >= 0.6 is 11.6 Å². The van der Waals surface area contributed by atoms with E-state index in [4.69, 9.17) is 16.3 Å². The number of ether oxygens (including phenoxy) is 1. The summed E-state index contributed by atoms with van der Waals surface area (Å²) in [6, 6.07) is 8.43. The number of hydrogen-bond donors (Lipinski definition) is 4. The molecule has 0 aliphatic heterocycles. The Hall–Kier alpha value is -4.43. The summed E-state index contributed by atoms with van der Waals surface area (Å²) in [6.45, 7) is 2.33. The number of fused-ring (bicyclic) bond motifs is 1. The SMILES string of the molecule is CCNC(=O)Nc1ncnc2c1nc(COC)n2-c1ccc(NC(=O)Nc2ccc(Cl)c(C(F)(F)F)c2)cc1. The second-order valence-electron chi connectivity index (χ2n) is 7.99. The smallest absolute Gasteiger partial charge is 0.377 e. The Kier molecular flexibility index (Phi) is 8.16. The van der Waals surface area contributed by atoms with Crippen molar-refractivity contribution in [1.82, 2.24) is 24.8 Å². The monoisotopic (exact) mass is 562 g/mol. The highest BCUT2D eigenvalue weighted by Gasteiger charge is 2.33. The van der Waals surface area contributed by atoms with Gasteiger partial charge in [0.2, 0.25) is 0 Å². The van der Waals surface area contributed by atoms with Gasteiger partial charge in [-0.15, -0.1) is 0 Å². The molecule has 0 radical (unpaired) electrons. The molecule has 0 bridgehead atoms. The lowest BCUT2D eigenvalue weighted by Gasteiger charge is -2.13. The van der Waals surface area contributed by atoms with Gasteiger partial charge < -0.3 is 20.7 Å². The predicted octanol–water partition coefficient (Wildman–Crippen LogP) is 5.42. The molecule has 0 saturated heterocycles. The van der Waals surface area contributed by atoms with Crippen molar-refractivity contribution in [3.8, 4) is 5.69 Å². The Bertz CT molecular complexity index is 1510. The van der Waals surface area contributed by atoms with Gasteiger partial charge in [-0.3, -0.25) is 9.88 Å². The van der Waals surface area contributed by atoms with E-state index in [1.807, 2.05) is 0 Å². The van der Waals surface area contributed by atoms with Gasteiger partial charge in [-0.05, 0) is 49.4 Å². The van der Waals surface area contributed by atoms with Gasteiger partial charge in [0.05, 0.1) is 10.6 Å². The highest BCUT2D eigenvalue weighted by Crippen LogP contribution is 2.36. The summed E-state index contributed by atoms with van der Waals surface area (Å²) in [7, 11) is 1.51.